The van der Waals surface area contributed by atoms with E-state index in [4.69, 9.17) is 0 Å². The number of carbonyl (C=O) groups excluding carboxylic acids is 2. The minimum atomic E-state index is -0.0164. The predicted octanol–water partition coefficient (Wildman–Crippen LogP) is 6.91. The monoisotopic (exact) mass is 537 g/mol. The number of aromatic nitrogens is 1. The number of fused-ring (bicyclic) bond motifs is 1. The van der Waals surface area contributed by atoms with Gasteiger partial charge in [0.2, 0.25) is 11.8 Å². The standard InChI is InChI=1S/C35H43N3O2/c1-5-6-21-37(33(39)23-27-12-8-7-9-13-27)26-34(40)38(25-28-16-18-30(19-17-28)35(2,3)4)22-20-29-24-36-32-15-11-10-14-31(29)32/h7-19,24,36H,5-6,20-23,25-26H2,1-4H3. The van der Waals surface area contributed by atoms with Crippen LogP contribution in [0.3, 0.4) is 0 Å². The Balaban J connectivity index is 1.52. The number of nitrogens with one attached hydrogen (secondary N) is 1. The number of carbonyl (C=O) groups is 2. The first-order chi connectivity index (χ1) is 19.2. The predicted molar refractivity (Wildman–Crippen MR) is 164 cm³/mol. The molecule has 0 fully saturated rings. The molecule has 0 atom stereocenters. The maximum absolute atomic E-state index is 13.9. The lowest BCUT2D eigenvalue weighted by atomic mass is 9.87. The Hall–Kier alpha value is -3.86. The smallest absolute Gasteiger partial charge is 0.242 e. The number of benzene rings is 3. The highest BCUT2D eigenvalue weighted by Gasteiger charge is 2.22. The van der Waals surface area contributed by atoms with Gasteiger partial charge in [-0.1, -0.05) is 107 Å². The van der Waals surface area contributed by atoms with Crippen molar-refractivity contribution in [2.75, 3.05) is 19.6 Å². The number of H-pyrrole nitrogens is 1. The Morgan fingerprint density at radius 1 is 0.775 bits per heavy atom. The van der Waals surface area contributed by atoms with E-state index in [-0.39, 0.29) is 23.8 Å². The Morgan fingerprint density at radius 2 is 1.48 bits per heavy atom. The molecular weight excluding hydrogens is 494 g/mol. The van der Waals surface area contributed by atoms with Crippen LogP contribution in [-0.4, -0.2) is 46.2 Å². The molecule has 210 valence electrons. The van der Waals surface area contributed by atoms with Gasteiger partial charge in [-0.05, 0) is 46.6 Å². The van der Waals surface area contributed by atoms with Crippen molar-refractivity contribution in [2.24, 2.45) is 0 Å². The van der Waals surface area contributed by atoms with Gasteiger partial charge in [-0.15, -0.1) is 0 Å². The molecule has 4 aromatic rings. The molecule has 0 unspecified atom stereocenters. The largest absolute Gasteiger partial charge is 0.361 e. The molecule has 0 saturated carbocycles. The van der Waals surface area contributed by atoms with E-state index in [2.05, 4.69) is 69.1 Å². The Morgan fingerprint density at radius 3 is 2.17 bits per heavy atom. The highest BCUT2D eigenvalue weighted by Crippen LogP contribution is 2.23. The summed E-state index contributed by atoms with van der Waals surface area (Å²) in [4.78, 5) is 34.2. The van der Waals surface area contributed by atoms with Crippen molar-refractivity contribution in [3.8, 4) is 0 Å². The molecule has 1 aromatic heterocycles. The fourth-order valence-electron chi connectivity index (χ4n) is 5.00. The van der Waals surface area contributed by atoms with Crippen LogP contribution < -0.4 is 0 Å². The third-order valence-electron chi connectivity index (χ3n) is 7.53. The summed E-state index contributed by atoms with van der Waals surface area (Å²) in [6.45, 7) is 10.5. The minimum Gasteiger partial charge on any atom is -0.361 e. The normalized spacial score (nSPS) is 11.5. The third-order valence-corrected chi connectivity index (χ3v) is 7.53. The Labute approximate surface area is 239 Å². The summed E-state index contributed by atoms with van der Waals surface area (Å²) in [5.41, 5.74) is 5.70. The fourth-order valence-corrected chi connectivity index (χ4v) is 5.00. The topological polar surface area (TPSA) is 56.4 Å². The van der Waals surface area contributed by atoms with Gasteiger partial charge in [0.05, 0.1) is 13.0 Å². The summed E-state index contributed by atoms with van der Waals surface area (Å²) in [6, 6.07) is 26.6. The third kappa shape index (κ3) is 7.84. The van der Waals surface area contributed by atoms with Crippen molar-refractivity contribution in [1.29, 1.82) is 0 Å². The number of nitrogens with zero attached hydrogens (tertiary/aromatic N) is 2. The summed E-state index contributed by atoms with van der Waals surface area (Å²) >= 11 is 0. The average molecular weight is 538 g/mol. The van der Waals surface area contributed by atoms with E-state index in [9.17, 15) is 9.59 Å². The molecule has 0 radical (unpaired) electrons. The second kappa shape index (κ2) is 13.5. The SMILES string of the molecule is CCCCN(CC(=O)N(CCc1c[nH]c2ccccc12)Cc1ccc(C(C)(C)C)cc1)C(=O)Cc1ccccc1. The van der Waals surface area contributed by atoms with E-state index in [1.54, 1.807) is 4.90 Å². The van der Waals surface area contributed by atoms with E-state index in [0.29, 0.717) is 26.1 Å². The van der Waals surface area contributed by atoms with E-state index in [1.807, 2.05) is 53.6 Å². The second-order valence-electron chi connectivity index (χ2n) is 11.7. The van der Waals surface area contributed by atoms with Gasteiger partial charge in [0.1, 0.15) is 0 Å². The van der Waals surface area contributed by atoms with Crippen LogP contribution >= 0.6 is 0 Å². The molecule has 1 heterocycles. The van der Waals surface area contributed by atoms with Gasteiger partial charge >= 0.3 is 0 Å². The summed E-state index contributed by atoms with van der Waals surface area (Å²) < 4.78 is 0. The molecule has 5 nitrogen and oxygen atoms in total. The van der Waals surface area contributed by atoms with Gasteiger partial charge in [0.15, 0.2) is 0 Å². The zero-order valence-corrected chi connectivity index (χ0v) is 24.5. The molecule has 4 rings (SSSR count). The minimum absolute atomic E-state index is 0.000825. The maximum Gasteiger partial charge on any atom is 0.242 e. The van der Waals surface area contributed by atoms with Crippen molar-refractivity contribution >= 4 is 22.7 Å². The van der Waals surface area contributed by atoms with Gasteiger partial charge in [-0.25, -0.2) is 0 Å². The van der Waals surface area contributed by atoms with Crippen LogP contribution in [0.25, 0.3) is 10.9 Å². The molecule has 0 bridgehead atoms. The number of para-hydroxylation sites is 1. The maximum atomic E-state index is 13.9. The van der Waals surface area contributed by atoms with Crippen LogP contribution in [0, 0.1) is 0 Å². The molecule has 5 heteroatoms. The second-order valence-corrected chi connectivity index (χ2v) is 11.7. The first kappa shape index (κ1) is 29.1. The molecule has 1 N–H and O–H groups in total. The first-order valence-corrected chi connectivity index (χ1v) is 14.5. The molecule has 0 aliphatic carbocycles. The zero-order valence-electron chi connectivity index (χ0n) is 24.5. The Kier molecular flexibility index (Phi) is 9.81. The molecule has 40 heavy (non-hydrogen) atoms. The van der Waals surface area contributed by atoms with Crippen LogP contribution in [0.4, 0.5) is 0 Å². The molecular formula is C35H43N3O2. The number of amides is 2. The van der Waals surface area contributed by atoms with Crippen molar-refractivity contribution in [1.82, 2.24) is 14.8 Å². The van der Waals surface area contributed by atoms with Gasteiger partial charge in [-0.2, -0.15) is 0 Å². The molecule has 0 aliphatic heterocycles. The van der Waals surface area contributed by atoms with Crippen LogP contribution in [0.1, 0.15) is 62.8 Å². The lowest BCUT2D eigenvalue weighted by molar-refractivity contribution is -0.140. The van der Waals surface area contributed by atoms with E-state index >= 15 is 0 Å². The highest BCUT2D eigenvalue weighted by molar-refractivity contribution is 5.86. The van der Waals surface area contributed by atoms with E-state index in [0.717, 1.165) is 35.9 Å². The Bertz CT molecular complexity index is 1380. The molecule has 0 spiro atoms. The zero-order chi connectivity index (χ0) is 28.5. The molecule has 2 amide bonds. The number of rotatable bonds is 12. The number of hydrogen-bond donors (Lipinski definition) is 1. The quantitative estimate of drug-likeness (QED) is 0.214. The number of hydrogen-bond acceptors (Lipinski definition) is 2. The average Bonchev–Trinajstić information content (AvgIpc) is 3.36. The van der Waals surface area contributed by atoms with Crippen LogP contribution in [0.2, 0.25) is 0 Å². The van der Waals surface area contributed by atoms with Crippen LogP contribution in [0.15, 0.2) is 85.1 Å². The van der Waals surface area contributed by atoms with E-state index in [1.165, 1.54) is 16.5 Å². The summed E-state index contributed by atoms with van der Waals surface area (Å²) in [5, 5.41) is 1.19. The van der Waals surface area contributed by atoms with Gasteiger partial charge in [-0.3, -0.25) is 9.59 Å². The van der Waals surface area contributed by atoms with E-state index < -0.39 is 0 Å². The van der Waals surface area contributed by atoms with Crippen molar-refractivity contribution < 1.29 is 9.59 Å². The first-order valence-electron chi connectivity index (χ1n) is 14.5. The van der Waals surface area contributed by atoms with Crippen molar-refractivity contribution in [3.05, 3.63) is 107 Å². The van der Waals surface area contributed by atoms with Crippen LogP contribution in [-0.2, 0) is 34.4 Å². The van der Waals surface area contributed by atoms with Gasteiger partial charge in [0.25, 0.3) is 0 Å². The molecule has 0 saturated heterocycles. The lowest BCUT2D eigenvalue weighted by Crippen LogP contribution is -2.44. The molecule has 3 aromatic carbocycles. The number of aromatic amines is 1. The number of unbranched alkanes of at least 4 members (excludes halogenated alkanes) is 1. The van der Waals surface area contributed by atoms with Gasteiger partial charge < -0.3 is 14.8 Å². The van der Waals surface area contributed by atoms with Crippen LogP contribution in [0.5, 0.6) is 0 Å². The molecule has 0 aliphatic rings. The summed E-state index contributed by atoms with van der Waals surface area (Å²) in [5.74, 6) is -0.0173. The highest BCUT2D eigenvalue weighted by atomic mass is 16.2. The summed E-state index contributed by atoms with van der Waals surface area (Å²) in [6.07, 6.45) is 4.93. The fraction of sp³-hybridized carbons (Fsp3) is 0.371. The van der Waals surface area contributed by atoms with Crippen molar-refractivity contribution in [2.45, 2.75) is 65.3 Å². The van der Waals surface area contributed by atoms with Gasteiger partial charge in [0, 0.05) is 36.7 Å². The lowest BCUT2D eigenvalue weighted by Gasteiger charge is -2.28. The summed E-state index contributed by atoms with van der Waals surface area (Å²) in [7, 11) is 0. The van der Waals surface area contributed by atoms with Crippen molar-refractivity contribution in [3.63, 3.8) is 0 Å².